The van der Waals surface area contributed by atoms with E-state index in [-0.39, 0.29) is 11.9 Å². The smallest absolute Gasteiger partial charge is 0.325 e. The summed E-state index contributed by atoms with van der Waals surface area (Å²) in [5.41, 5.74) is -1.10. The Morgan fingerprint density at radius 2 is 2.21 bits per heavy atom. The lowest BCUT2D eigenvalue weighted by Crippen LogP contribution is -2.41. The minimum atomic E-state index is -1.10. The van der Waals surface area contributed by atoms with E-state index in [4.69, 9.17) is 4.42 Å². The average molecular weight is 265 g/mol. The van der Waals surface area contributed by atoms with Gasteiger partial charge in [0.25, 0.3) is 5.91 Å². The van der Waals surface area contributed by atoms with Crippen LogP contribution in [-0.4, -0.2) is 36.0 Å². The molecule has 1 aliphatic rings. The highest BCUT2D eigenvalue weighted by atomic mass is 16.3. The summed E-state index contributed by atoms with van der Waals surface area (Å²) in [6.45, 7) is 6.60. The summed E-state index contributed by atoms with van der Waals surface area (Å²) in [5.74, 6) is 0.170. The molecule has 2 N–H and O–H groups in total. The van der Waals surface area contributed by atoms with Crippen molar-refractivity contribution in [3.05, 3.63) is 24.2 Å². The van der Waals surface area contributed by atoms with E-state index >= 15 is 0 Å². The van der Waals surface area contributed by atoms with Crippen molar-refractivity contribution in [2.24, 2.45) is 0 Å². The van der Waals surface area contributed by atoms with Crippen LogP contribution in [0, 0.1) is 0 Å². The van der Waals surface area contributed by atoms with E-state index in [2.05, 4.69) is 10.6 Å². The molecule has 0 aromatic carbocycles. The van der Waals surface area contributed by atoms with Gasteiger partial charge in [-0.3, -0.25) is 9.69 Å². The number of carbonyl (C=O) groups is 2. The lowest BCUT2D eigenvalue weighted by atomic mass is 9.99. The summed E-state index contributed by atoms with van der Waals surface area (Å²) in [7, 11) is 0. The summed E-state index contributed by atoms with van der Waals surface area (Å²) in [4.78, 5) is 25.5. The zero-order chi connectivity index (χ0) is 14.0. The van der Waals surface area contributed by atoms with Crippen LogP contribution in [0.1, 0.15) is 26.5 Å². The molecule has 1 unspecified atom stereocenters. The van der Waals surface area contributed by atoms with Crippen LogP contribution in [0.4, 0.5) is 4.79 Å². The van der Waals surface area contributed by atoms with Gasteiger partial charge in [-0.2, -0.15) is 0 Å². The number of imide groups is 1. The van der Waals surface area contributed by atoms with Gasteiger partial charge < -0.3 is 15.1 Å². The standard InChI is InChI=1S/C13H19N3O3/c1-9(2)14-6-7-16-11(17)13(3,15-12(16)18)10-5-4-8-19-10/h4-5,8-9,14H,6-7H2,1-3H3,(H,15,18). The molecule has 0 bridgehead atoms. The maximum absolute atomic E-state index is 12.4. The Morgan fingerprint density at radius 1 is 1.47 bits per heavy atom. The predicted molar refractivity (Wildman–Crippen MR) is 69.4 cm³/mol. The zero-order valence-corrected chi connectivity index (χ0v) is 11.4. The van der Waals surface area contributed by atoms with Gasteiger partial charge in [0.05, 0.1) is 6.26 Å². The molecule has 2 heterocycles. The van der Waals surface area contributed by atoms with Crippen LogP contribution in [0.5, 0.6) is 0 Å². The fourth-order valence-corrected chi connectivity index (χ4v) is 2.10. The van der Waals surface area contributed by atoms with Gasteiger partial charge in [0.2, 0.25) is 0 Å². The van der Waals surface area contributed by atoms with Crippen molar-refractivity contribution in [2.45, 2.75) is 32.4 Å². The minimum absolute atomic E-state index is 0.280. The van der Waals surface area contributed by atoms with Crippen molar-refractivity contribution in [1.82, 2.24) is 15.5 Å². The fraction of sp³-hybridized carbons (Fsp3) is 0.538. The lowest BCUT2D eigenvalue weighted by Gasteiger charge is -2.19. The van der Waals surface area contributed by atoms with Gasteiger partial charge in [-0.1, -0.05) is 13.8 Å². The Labute approximate surface area is 112 Å². The molecule has 0 spiro atoms. The van der Waals surface area contributed by atoms with Gasteiger partial charge in [-0.15, -0.1) is 0 Å². The second-order valence-electron chi connectivity index (χ2n) is 5.10. The first-order valence-electron chi connectivity index (χ1n) is 6.36. The quantitative estimate of drug-likeness (QED) is 0.780. The highest BCUT2D eigenvalue weighted by Gasteiger charge is 2.50. The van der Waals surface area contributed by atoms with E-state index in [0.717, 1.165) is 0 Å². The Bertz CT molecular complexity index is 469. The first-order valence-corrected chi connectivity index (χ1v) is 6.36. The van der Waals surface area contributed by atoms with E-state index in [1.165, 1.54) is 11.2 Å². The van der Waals surface area contributed by atoms with Crippen LogP contribution in [0.3, 0.4) is 0 Å². The summed E-state index contributed by atoms with van der Waals surface area (Å²) in [5, 5.41) is 5.86. The van der Waals surface area contributed by atoms with Gasteiger partial charge in [0.1, 0.15) is 5.76 Å². The third-order valence-corrected chi connectivity index (χ3v) is 3.18. The van der Waals surface area contributed by atoms with E-state index in [0.29, 0.717) is 24.9 Å². The monoisotopic (exact) mass is 265 g/mol. The summed E-state index contributed by atoms with van der Waals surface area (Å²) in [6.07, 6.45) is 1.49. The average Bonchev–Trinajstić information content (AvgIpc) is 2.92. The van der Waals surface area contributed by atoms with Gasteiger partial charge >= 0.3 is 6.03 Å². The van der Waals surface area contributed by atoms with E-state index < -0.39 is 5.54 Å². The van der Waals surface area contributed by atoms with Gasteiger partial charge in [0, 0.05) is 19.1 Å². The minimum Gasteiger partial charge on any atom is -0.466 e. The summed E-state index contributed by atoms with van der Waals surface area (Å²) in [6, 6.07) is 3.32. The maximum atomic E-state index is 12.4. The van der Waals surface area contributed by atoms with E-state index in [1.54, 1.807) is 19.1 Å². The molecule has 6 heteroatoms. The highest BCUT2D eigenvalue weighted by Crippen LogP contribution is 2.28. The van der Waals surface area contributed by atoms with Crippen LogP contribution in [0.25, 0.3) is 0 Å². The van der Waals surface area contributed by atoms with Crippen molar-refractivity contribution in [1.29, 1.82) is 0 Å². The molecule has 1 fully saturated rings. The molecular weight excluding hydrogens is 246 g/mol. The van der Waals surface area contributed by atoms with Crippen molar-refractivity contribution in [3.63, 3.8) is 0 Å². The van der Waals surface area contributed by atoms with Crippen LogP contribution in [0.2, 0.25) is 0 Å². The third-order valence-electron chi connectivity index (χ3n) is 3.18. The zero-order valence-electron chi connectivity index (χ0n) is 11.4. The topological polar surface area (TPSA) is 74.6 Å². The number of rotatable bonds is 5. The molecule has 0 saturated carbocycles. The van der Waals surface area contributed by atoms with Crippen LogP contribution < -0.4 is 10.6 Å². The third kappa shape index (κ3) is 2.49. The van der Waals surface area contributed by atoms with E-state index in [9.17, 15) is 9.59 Å². The second kappa shape index (κ2) is 5.05. The number of urea groups is 1. The molecule has 3 amide bonds. The maximum Gasteiger partial charge on any atom is 0.325 e. The number of nitrogens with one attached hydrogen (secondary N) is 2. The predicted octanol–water partition coefficient (Wildman–Crippen LogP) is 1.04. The summed E-state index contributed by atoms with van der Waals surface area (Å²) < 4.78 is 5.25. The number of furan rings is 1. The van der Waals surface area contributed by atoms with Crippen molar-refractivity contribution < 1.29 is 14.0 Å². The second-order valence-corrected chi connectivity index (χ2v) is 5.10. The molecule has 1 aromatic rings. The first kappa shape index (κ1) is 13.6. The first-order chi connectivity index (χ1) is 8.95. The molecule has 1 atom stereocenters. The number of amides is 3. The molecule has 0 radical (unpaired) electrons. The molecule has 104 valence electrons. The molecular formula is C13H19N3O3. The van der Waals surface area contributed by atoms with Gasteiger partial charge in [0.15, 0.2) is 5.54 Å². The highest BCUT2D eigenvalue weighted by molar-refractivity contribution is 6.06. The van der Waals surface area contributed by atoms with E-state index in [1.807, 2.05) is 13.8 Å². The number of hydrogen-bond donors (Lipinski definition) is 2. The van der Waals surface area contributed by atoms with Crippen molar-refractivity contribution in [2.75, 3.05) is 13.1 Å². The Morgan fingerprint density at radius 3 is 2.79 bits per heavy atom. The van der Waals surface area contributed by atoms with Crippen LogP contribution >= 0.6 is 0 Å². The molecule has 19 heavy (non-hydrogen) atoms. The molecule has 1 saturated heterocycles. The van der Waals surface area contributed by atoms with Crippen molar-refractivity contribution >= 4 is 11.9 Å². The largest absolute Gasteiger partial charge is 0.466 e. The summed E-state index contributed by atoms with van der Waals surface area (Å²) >= 11 is 0. The number of nitrogens with zero attached hydrogens (tertiary/aromatic N) is 1. The van der Waals surface area contributed by atoms with Gasteiger partial charge in [-0.05, 0) is 19.1 Å². The Hall–Kier alpha value is -1.82. The van der Waals surface area contributed by atoms with Crippen molar-refractivity contribution in [3.8, 4) is 0 Å². The lowest BCUT2D eigenvalue weighted by molar-refractivity contribution is -0.131. The number of hydrogen-bond acceptors (Lipinski definition) is 4. The Kier molecular flexibility index (Phi) is 3.61. The SMILES string of the molecule is CC(C)NCCN1C(=O)NC(C)(c2ccco2)C1=O. The molecule has 0 aliphatic carbocycles. The van der Waals surface area contributed by atoms with Crippen LogP contribution in [-0.2, 0) is 10.3 Å². The normalized spacial score (nSPS) is 23.3. The fourth-order valence-electron chi connectivity index (χ4n) is 2.10. The van der Waals surface area contributed by atoms with Crippen LogP contribution in [0.15, 0.2) is 22.8 Å². The van der Waals surface area contributed by atoms with Gasteiger partial charge in [-0.25, -0.2) is 4.79 Å². The molecule has 6 nitrogen and oxygen atoms in total. The molecule has 1 aromatic heterocycles. The number of carbonyl (C=O) groups excluding carboxylic acids is 2. The Balaban J connectivity index is 2.08. The molecule has 2 rings (SSSR count). The molecule has 1 aliphatic heterocycles.